The number of rotatable bonds is 3. The lowest BCUT2D eigenvalue weighted by atomic mass is 10.0. The van der Waals surface area contributed by atoms with Crippen LogP contribution < -0.4 is 0 Å². The summed E-state index contributed by atoms with van der Waals surface area (Å²) >= 11 is 0. The molecule has 2 rings (SSSR count). The van der Waals surface area contributed by atoms with Gasteiger partial charge in [-0.15, -0.1) is 0 Å². The summed E-state index contributed by atoms with van der Waals surface area (Å²) in [6.45, 7) is 0. The van der Waals surface area contributed by atoms with E-state index in [4.69, 9.17) is 0 Å². The Kier molecular flexibility index (Phi) is 3.46. The van der Waals surface area contributed by atoms with Gasteiger partial charge in [0.25, 0.3) is 0 Å². The summed E-state index contributed by atoms with van der Waals surface area (Å²) in [4.78, 5) is 10.2. The van der Waals surface area contributed by atoms with Crippen molar-refractivity contribution < 1.29 is 9.18 Å². The maximum atomic E-state index is 13.1. The lowest BCUT2D eigenvalue weighted by molar-refractivity contribution is -0.104. The second-order valence-corrected chi connectivity index (χ2v) is 3.63. The van der Waals surface area contributed by atoms with Gasteiger partial charge in [0.1, 0.15) is 12.1 Å². The van der Waals surface area contributed by atoms with E-state index in [1.165, 1.54) is 18.2 Å². The summed E-state index contributed by atoms with van der Waals surface area (Å²) in [5.74, 6) is -0.253. The third-order valence-corrected chi connectivity index (χ3v) is 2.41. The van der Waals surface area contributed by atoms with E-state index in [1.807, 2.05) is 30.3 Å². The maximum absolute atomic E-state index is 13.1. The average Bonchev–Trinajstić information content (AvgIpc) is 2.37. The van der Waals surface area contributed by atoms with Crippen LogP contribution in [-0.2, 0) is 4.79 Å². The maximum Gasteiger partial charge on any atom is 0.142 e. The minimum atomic E-state index is -0.253. The molecule has 0 aliphatic carbocycles. The predicted molar refractivity (Wildman–Crippen MR) is 66.9 cm³/mol. The molecule has 84 valence electrons. The molecule has 0 aromatic heterocycles. The van der Waals surface area contributed by atoms with E-state index in [1.54, 1.807) is 12.1 Å². The molecule has 1 nitrogen and oxygen atoms in total. The third-order valence-electron chi connectivity index (χ3n) is 2.41. The van der Waals surface area contributed by atoms with Gasteiger partial charge in [-0.3, -0.25) is 4.79 Å². The van der Waals surface area contributed by atoms with Crippen LogP contribution in [0.2, 0.25) is 0 Å². The Hall–Kier alpha value is -2.22. The fourth-order valence-corrected chi connectivity index (χ4v) is 1.64. The van der Waals surface area contributed by atoms with Gasteiger partial charge in [-0.05, 0) is 41.0 Å². The van der Waals surface area contributed by atoms with Crippen molar-refractivity contribution in [3.8, 4) is 11.1 Å². The van der Waals surface area contributed by atoms with E-state index < -0.39 is 0 Å². The second-order valence-electron chi connectivity index (χ2n) is 3.63. The molecule has 0 unspecified atom stereocenters. The van der Waals surface area contributed by atoms with Crippen LogP contribution in [0.1, 0.15) is 5.56 Å². The normalized spacial score (nSPS) is 10.6. The van der Waals surface area contributed by atoms with Crippen LogP contribution in [0, 0.1) is 5.82 Å². The van der Waals surface area contributed by atoms with Gasteiger partial charge in [-0.1, -0.05) is 36.4 Å². The number of aldehydes is 1. The molecule has 0 aliphatic heterocycles. The SMILES string of the molecule is O=CC=Cc1cccc(-c2cccc(F)c2)c1. The van der Waals surface area contributed by atoms with Crippen LogP contribution in [-0.4, -0.2) is 6.29 Å². The van der Waals surface area contributed by atoms with Gasteiger partial charge >= 0.3 is 0 Å². The monoisotopic (exact) mass is 226 g/mol. The Labute approximate surface area is 99.2 Å². The van der Waals surface area contributed by atoms with Crippen molar-refractivity contribution in [1.82, 2.24) is 0 Å². The Morgan fingerprint density at radius 3 is 2.35 bits per heavy atom. The van der Waals surface area contributed by atoms with Crippen LogP contribution >= 0.6 is 0 Å². The zero-order valence-corrected chi connectivity index (χ0v) is 9.14. The summed E-state index contributed by atoms with van der Waals surface area (Å²) in [7, 11) is 0. The molecule has 0 fully saturated rings. The molecule has 2 aromatic carbocycles. The molecule has 17 heavy (non-hydrogen) atoms. The summed E-state index contributed by atoms with van der Waals surface area (Å²) in [6.07, 6.45) is 3.88. The lowest BCUT2D eigenvalue weighted by Crippen LogP contribution is -1.81. The smallest absolute Gasteiger partial charge is 0.142 e. The molecule has 0 spiro atoms. The van der Waals surface area contributed by atoms with Gasteiger partial charge < -0.3 is 0 Å². The van der Waals surface area contributed by atoms with Crippen molar-refractivity contribution in [2.75, 3.05) is 0 Å². The summed E-state index contributed by atoms with van der Waals surface area (Å²) in [5.41, 5.74) is 2.67. The van der Waals surface area contributed by atoms with E-state index in [0.717, 1.165) is 23.0 Å². The number of halogens is 1. The standard InChI is InChI=1S/C15H11FO/c16-15-8-2-7-14(11-15)13-6-1-4-12(10-13)5-3-9-17/h1-11H. The molecule has 0 N–H and O–H groups in total. The molecule has 0 amide bonds. The summed E-state index contributed by atoms with van der Waals surface area (Å²) in [6, 6.07) is 14.0. The van der Waals surface area contributed by atoms with Crippen LogP contribution in [0.4, 0.5) is 4.39 Å². The molecule has 0 saturated heterocycles. The Morgan fingerprint density at radius 2 is 1.65 bits per heavy atom. The summed E-state index contributed by atoms with van der Waals surface area (Å²) < 4.78 is 13.1. The molecule has 0 bridgehead atoms. The number of carbonyl (C=O) groups is 1. The van der Waals surface area contributed by atoms with Gasteiger partial charge in [0.15, 0.2) is 0 Å². The first-order valence-electron chi connectivity index (χ1n) is 5.27. The van der Waals surface area contributed by atoms with Crippen molar-refractivity contribution in [3.05, 3.63) is 66.0 Å². The number of benzene rings is 2. The van der Waals surface area contributed by atoms with Gasteiger partial charge in [0.2, 0.25) is 0 Å². The quantitative estimate of drug-likeness (QED) is 0.576. The van der Waals surface area contributed by atoms with Crippen molar-refractivity contribution >= 4 is 12.4 Å². The topological polar surface area (TPSA) is 17.1 Å². The second kappa shape index (κ2) is 5.21. The van der Waals surface area contributed by atoms with Crippen LogP contribution in [0.25, 0.3) is 17.2 Å². The zero-order chi connectivity index (χ0) is 12.1. The van der Waals surface area contributed by atoms with Crippen molar-refractivity contribution in [3.63, 3.8) is 0 Å². The highest BCUT2D eigenvalue weighted by atomic mass is 19.1. The molecular formula is C15H11FO. The molecule has 2 aromatic rings. The molecular weight excluding hydrogens is 215 g/mol. The fraction of sp³-hybridized carbons (Fsp3) is 0. The highest BCUT2D eigenvalue weighted by molar-refractivity contribution is 5.75. The fourth-order valence-electron chi connectivity index (χ4n) is 1.64. The van der Waals surface area contributed by atoms with E-state index in [2.05, 4.69) is 0 Å². The first-order valence-corrected chi connectivity index (χ1v) is 5.27. The minimum Gasteiger partial charge on any atom is -0.299 e. The van der Waals surface area contributed by atoms with Gasteiger partial charge in [-0.2, -0.15) is 0 Å². The van der Waals surface area contributed by atoms with Gasteiger partial charge in [-0.25, -0.2) is 4.39 Å². The number of allylic oxidation sites excluding steroid dienone is 1. The molecule has 0 aliphatic rings. The van der Waals surface area contributed by atoms with E-state index in [0.29, 0.717) is 0 Å². The first-order chi connectivity index (χ1) is 8.29. The molecule has 0 saturated carbocycles. The molecule has 0 heterocycles. The zero-order valence-electron chi connectivity index (χ0n) is 9.14. The number of hydrogen-bond acceptors (Lipinski definition) is 1. The van der Waals surface area contributed by atoms with Crippen LogP contribution in [0.15, 0.2) is 54.6 Å². The molecule has 2 heteroatoms. The predicted octanol–water partition coefficient (Wildman–Crippen LogP) is 3.70. The number of carbonyl (C=O) groups excluding carboxylic acids is 1. The first kappa shape index (κ1) is 11.3. The van der Waals surface area contributed by atoms with Crippen molar-refractivity contribution in [1.29, 1.82) is 0 Å². The highest BCUT2D eigenvalue weighted by Gasteiger charge is 1.99. The van der Waals surface area contributed by atoms with E-state index in [9.17, 15) is 9.18 Å². The highest BCUT2D eigenvalue weighted by Crippen LogP contribution is 2.21. The van der Waals surface area contributed by atoms with Gasteiger partial charge in [0, 0.05) is 0 Å². The molecule has 0 radical (unpaired) electrons. The molecule has 0 atom stereocenters. The lowest BCUT2D eigenvalue weighted by Gasteiger charge is -2.03. The Balaban J connectivity index is 2.39. The van der Waals surface area contributed by atoms with E-state index in [-0.39, 0.29) is 5.82 Å². The van der Waals surface area contributed by atoms with E-state index >= 15 is 0 Å². The third kappa shape index (κ3) is 2.88. The average molecular weight is 226 g/mol. The van der Waals surface area contributed by atoms with Gasteiger partial charge in [0.05, 0.1) is 0 Å². The van der Waals surface area contributed by atoms with Crippen molar-refractivity contribution in [2.24, 2.45) is 0 Å². The number of hydrogen-bond donors (Lipinski definition) is 0. The Bertz CT molecular complexity index is 558. The van der Waals surface area contributed by atoms with Crippen LogP contribution in [0.5, 0.6) is 0 Å². The largest absolute Gasteiger partial charge is 0.299 e. The Morgan fingerprint density at radius 1 is 0.941 bits per heavy atom. The van der Waals surface area contributed by atoms with Crippen molar-refractivity contribution in [2.45, 2.75) is 0 Å². The van der Waals surface area contributed by atoms with Crippen LogP contribution in [0.3, 0.4) is 0 Å². The minimum absolute atomic E-state index is 0.253. The summed E-state index contributed by atoms with van der Waals surface area (Å²) in [5, 5.41) is 0.